The van der Waals surface area contributed by atoms with Gasteiger partial charge in [0.05, 0.1) is 13.2 Å². The average Bonchev–Trinajstić information content (AvgIpc) is 3.31. The molecule has 0 aromatic rings. The molecule has 0 radical (unpaired) electrons. The molecule has 0 bridgehead atoms. The Morgan fingerprint density at radius 1 is 1.19 bits per heavy atom. The van der Waals surface area contributed by atoms with Crippen LogP contribution in [0.3, 0.4) is 0 Å². The molecule has 2 saturated heterocycles. The van der Waals surface area contributed by atoms with Gasteiger partial charge in [0.1, 0.15) is 6.04 Å². The van der Waals surface area contributed by atoms with E-state index >= 15 is 0 Å². The minimum atomic E-state index is -0.767. The predicted octanol–water partition coefficient (Wildman–Crippen LogP) is 0.729. The highest BCUT2D eigenvalue weighted by atomic mass is 16.5. The van der Waals surface area contributed by atoms with Gasteiger partial charge < -0.3 is 20.7 Å². The number of amides is 2. The van der Waals surface area contributed by atoms with Crippen LogP contribution in [-0.2, 0) is 19.1 Å². The number of rotatable bonds is 6. The summed E-state index contributed by atoms with van der Waals surface area (Å²) in [6, 6.07) is -1.02. The Hall–Kier alpha value is -1.63. The Bertz CT molecular complexity index is 533. The van der Waals surface area contributed by atoms with Gasteiger partial charge in [-0.25, -0.2) is 4.79 Å². The third-order valence-electron chi connectivity index (χ3n) is 6.28. The van der Waals surface area contributed by atoms with E-state index in [4.69, 9.17) is 4.74 Å². The summed E-state index contributed by atoms with van der Waals surface area (Å²) >= 11 is 0. The van der Waals surface area contributed by atoms with Crippen molar-refractivity contribution in [2.24, 2.45) is 17.8 Å². The topological polar surface area (TPSA) is 96.5 Å². The Morgan fingerprint density at radius 3 is 2.62 bits per heavy atom. The van der Waals surface area contributed by atoms with E-state index in [0.717, 1.165) is 13.0 Å². The van der Waals surface area contributed by atoms with Crippen molar-refractivity contribution < 1.29 is 19.1 Å². The van der Waals surface area contributed by atoms with Crippen LogP contribution in [0, 0.1) is 17.8 Å². The lowest BCUT2D eigenvalue weighted by atomic mass is 9.79. The molecular formula is C19H31N3O4. The van der Waals surface area contributed by atoms with Crippen molar-refractivity contribution >= 4 is 17.8 Å². The maximum absolute atomic E-state index is 12.7. The van der Waals surface area contributed by atoms with Gasteiger partial charge in [0.25, 0.3) is 0 Å². The molecule has 1 unspecified atom stereocenters. The van der Waals surface area contributed by atoms with Gasteiger partial charge in [0.2, 0.25) is 11.8 Å². The minimum Gasteiger partial charge on any atom is -0.467 e. The molecule has 4 atom stereocenters. The summed E-state index contributed by atoms with van der Waals surface area (Å²) in [6.45, 7) is 1.50. The minimum absolute atomic E-state index is 0.0514. The number of carbonyl (C=O) groups is 3. The number of esters is 1. The maximum atomic E-state index is 12.7. The van der Waals surface area contributed by atoms with Gasteiger partial charge in [-0.3, -0.25) is 9.59 Å². The average molecular weight is 365 g/mol. The molecule has 146 valence electrons. The van der Waals surface area contributed by atoms with Crippen LogP contribution in [0.25, 0.3) is 0 Å². The Morgan fingerprint density at radius 2 is 1.96 bits per heavy atom. The third-order valence-corrected chi connectivity index (χ3v) is 6.28. The summed E-state index contributed by atoms with van der Waals surface area (Å²) < 4.78 is 4.83. The Labute approximate surface area is 155 Å². The summed E-state index contributed by atoms with van der Waals surface area (Å²) in [5.74, 6) is 0.322. The van der Waals surface area contributed by atoms with Crippen LogP contribution in [0.2, 0.25) is 0 Å². The van der Waals surface area contributed by atoms with Crippen LogP contribution < -0.4 is 16.0 Å². The second kappa shape index (κ2) is 8.84. The van der Waals surface area contributed by atoms with E-state index in [-0.39, 0.29) is 23.8 Å². The fraction of sp³-hybridized carbons (Fsp3) is 0.842. The van der Waals surface area contributed by atoms with Crippen molar-refractivity contribution in [3.8, 4) is 0 Å². The van der Waals surface area contributed by atoms with Crippen LogP contribution in [0.5, 0.6) is 0 Å². The van der Waals surface area contributed by atoms with E-state index in [1.165, 1.54) is 39.2 Å². The molecule has 1 saturated carbocycles. The molecule has 2 heterocycles. The lowest BCUT2D eigenvalue weighted by Crippen LogP contribution is -2.49. The van der Waals surface area contributed by atoms with Gasteiger partial charge in [0.15, 0.2) is 0 Å². The van der Waals surface area contributed by atoms with E-state index in [1.54, 1.807) is 0 Å². The van der Waals surface area contributed by atoms with Gasteiger partial charge in [-0.1, -0.05) is 32.1 Å². The molecule has 3 N–H and O–H groups in total. The van der Waals surface area contributed by atoms with Crippen molar-refractivity contribution in [2.75, 3.05) is 20.2 Å². The lowest BCUT2D eigenvalue weighted by molar-refractivity contribution is -0.146. The third kappa shape index (κ3) is 4.55. The fourth-order valence-corrected chi connectivity index (χ4v) is 4.71. The first-order valence-electron chi connectivity index (χ1n) is 9.97. The molecular weight excluding hydrogens is 334 g/mol. The molecule has 26 heavy (non-hydrogen) atoms. The number of carbonyl (C=O) groups excluding carboxylic acids is 3. The second-order valence-electron chi connectivity index (χ2n) is 7.95. The van der Waals surface area contributed by atoms with E-state index in [9.17, 15) is 14.4 Å². The standard InChI is InChI=1S/C19H31N3O4/c1-26-19(25)16(9-13-7-8-20-17(13)23)22-18(24)15-10-14(11-21-15)12-5-3-2-4-6-12/h12-16,21H,2-11H2,1H3,(H,20,23)(H,22,24)/t13-,14+,15-,16?/m0/s1. The molecule has 2 aliphatic heterocycles. The zero-order valence-electron chi connectivity index (χ0n) is 15.6. The molecule has 2 amide bonds. The quantitative estimate of drug-likeness (QED) is 0.603. The Balaban J connectivity index is 1.53. The SMILES string of the molecule is COC(=O)C(C[C@@H]1CCNC1=O)NC(=O)[C@@H]1C[C@@H](C2CCCCC2)CN1. The van der Waals surface area contributed by atoms with Crippen LogP contribution in [0.4, 0.5) is 0 Å². The molecule has 3 fully saturated rings. The highest BCUT2D eigenvalue weighted by molar-refractivity contribution is 5.88. The highest BCUT2D eigenvalue weighted by Gasteiger charge is 2.37. The van der Waals surface area contributed by atoms with Crippen molar-refractivity contribution in [1.82, 2.24) is 16.0 Å². The maximum Gasteiger partial charge on any atom is 0.328 e. The molecule has 0 spiro atoms. The zero-order chi connectivity index (χ0) is 18.5. The Kier molecular flexibility index (Phi) is 6.51. The van der Waals surface area contributed by atoms with Crippen LogP contribution in [0.1, 0.15) is 51.4 Å². The van der Waals surface area contributed by atoms with E-state index in [2.05, 4.69) is 16.0 Å². The van der Waals surface area contributed by atoms with Crippen molar-refractivity contribution in [1.29, 1.82) is 0 Å². The highest BCUT2D eigenvalue weighted by Crippen LogP contribution is 2.34. The summed E-state index contributed by atoms with van der Waals surface area (Å²) in [5, 5.41) is 8.92. The molecule has 7 nitrogen and oxygen atoms in total. The predicted molar refractivity (Wildman–Crippen MR) is 96.2 cm³/mol. The number of methoxy groups -OCH3 is 1. The van der Waals surface area contributed by atoms with Gasteiger partial charge in [-0.15, -0.1) is 0 Å². The summed E-state index contributed by atoms with van der Waals surface area (Å²) in [6.07, 6.45) is 8.27. The zero-order valence-corrected chi connectivity index (χ0v) is 15.6. The van der Waals surface area contributed by atoms with Crippen molar-refractivity contribution in [2.45, 2.75) is 63.5 Å². The monoisotopic (exact) mass is 365 g/mol. The van der Waals surface area contributed by atoms with E-state index in [1.807, 2.05) is 0 Å². The first-order valence-corrected chi connectivity index (χ1v) is 9.97. The first kappa shape index (κ1) is 19.1. The first-order chi connectivity index (χ1) is 12.6. The largest absolute Gasteiger partial charge is 0.467 e. The molecule has 3 rings (SSSR count). The smallest absolute Gasteiger partial charge is 0.328 e. The number of hydrogen-bond acceptors (Lipinski definition) is 5. The molecule has 0 aromatic heterocycles. The summed E-state index contributed by atoms with van der Waals surface area (Å²) in [5.41, 5.74) is 0. The molecule has 3 aliphatic rings. The fourth-order valence-electron chi connectivity index (χ4n) is 4.71. The van der Waals surface area contributed by atoms with Gasteiger partial charge in [-0.05, 0) is 37.6 Å². The normalized spacial score (nSPS) is 30.7. The van der Waals surface area contributed by atoms with Gasteiger partial charge in [0, 0.05) is 12.5 Å². The van der Waals surface area contributed by atoms with Gasteiger partial charge >= 0.3 is 5.97 Å². The second-order valence-corrected chi connectivity index (χ2v) is 7.95. The van der Waals surface area contributed by atoms with E-state index < -0.39 is 12.0 Å². The van der Waals surface area contributed by atoms with Crippen LogP contribution >= 0.6 is 0 Å². The number of ether oxygens (including phenoxy) is 1. The number of hydrogen-bond donors (Lipinski definition) is 3. The molecule has 7 heteroatoms. The van der Waals surface area contributed by atoms with Crippen LogP contribution in [-0.4, -0.2) is 50.1 Å². The van der Waals surface area contributed by atoms with Crippen molar-refractivity contribution in [3.05, 3.63) is 0 Å². The lowest BCUT2D eigenvalue weighted by Gasteiger charge is -2.27. The number of nitrogens with one attached hydrogen (secondary N) is 3. The van der Waals surface area contributed by atoms with Crippen molar-refractivity contribution in [3.63, 3.8) is 0 Å². The molecule has 0 aromatic carbocycles. The van der Waals surface area contributed by atoms with Crippen LogP contribution in [0.15, 0.2) is 0 Å². The van der Waals surface area contributed by atoms with E-state index in [0.29, 0.717) is 31.2 Å². The molecule has 1 aliphatic carbocycles. The summed E-state index contributed by atoms with van der Waals surface area (Å²) in [4.78, 5) is 36.5. The van der Waals surface area contributed by atoms with Gasteiger partial charge in [-0.2, -0.15) is 0 Å². The summed E-state index contributed by atoms with van der Waals surface area (Å²) in [7, 11) is 1.31.